The van der Waals surface area contributed by atoms with Crippen LogP contribution in [0.3, 0.4) is 0 Å². The predicted molar refractivity (Wildman–Crippen MR) is 92.4 cm³/mol. The van der Waals surface area contributed by atoms with Gasteiger partial charge in [0, 0.05) is 30.7 Å². The minimum atomic E-state index is -0.0719. The number of pyridine rings is 1. The van der Waals surface area contributed by atoms with Gasteiger partial charge in [-0.25, -0.2) is 4.98 Å². The van der Waals surface area contributed by atoms with Crippen LogP contribution in [0.4, 0.5) is 5.82 Å². The highest BCUT2D eigenvalue weighted by molar-refractivity contribution is 6.35. The van der Waals surface area contributed by atoms with E-state index in [1.54, 1.807) is 12.1 Å². The van der Waals surface area contributed by atoms with Gasteiger partial charge in [0.05, 0.1) is 11.3 Å². The van der Waals surface area contributed by atoms with Gasteiger partial charge in [0.2, 0.25) is 0 Å². The number of amides is 1. The number of halogens is 1. The first-order chi connectivity index (χ1) is 11.7. The Morgan fingerprint density at radius 2 is 2.38 bits per heavy atom. The highest BCUT2D eigenvalue weighted by Crippen LogP contribution is 2.25. The third-order valence-electron chi connectivity index (χ3n) is 4.27. The Balaban J connectivity index is 1.48. The molecule has 0 spiro atoms. The molecule has 2 N–H and O–H groups in total. The molecule has 4 rings (SSSR count). The molecule has 24 heavy (non-hydrogen) atoms. The van der Waals surface area contributed by atoms with Crippen LogP contribution in [0.2, 0.25) is 5.02 Å². The van der Waals surface area contributed by atoms with Crippen LogP contribution in [-0.2, 0) is 0 Å². The molecule has 1 unspecified atom stereocenters. The third-order valence-corrected chi connectivity index (χ3v) is 4.58. The van der Waals surface area contributed by atoms with E-state index in [-0.39, 0.29) is 11.9 Å². The Bertz CT molecular complexity index is 859. The second kappa shape index (κ2) is 6.20. The minimum absolute atomic E-state index is 0.0719. The summed E-state index contributed by atoms with van der Waals surface area (Å²) in [6.07, 6.45) is 5.24. The van der Waals surface area contributed by atoms with Crippen LogP contribution in [0.25, 0.3) is 11.0 Å². The van der Waals surface area contributed by atoms with Gasteiger partial charge < -0.3 is 19.6 Å². The topological polar surface area (TPSA) is 74.2 Å². The molecule has 0 radical (unpaired) electrons. The number of hydrogen-bond donors (Lipinski definition) is 2. The standard InChI is InChI=1S/C17H17ClN4O2/c18-13-9-15(21-16-12(13)5-6-19-16)20-11-3-1-7-22(10-11)17(23)14-4-2-8-24-14/h2,4-6,8-9,11H,1,3,7,10H2,(H2,19,20,21). The number of nitrogens with one attached hydrogen (secondary N) is 2. The summed E-state index contributed by atoms with van der Waals surface area (Å²) in [4.78, 5) is 21.8. The van der Waals surface area contributed by atoms with E-state index >= 15 is 0 Å². The fourth-order valence-electron chi connectivity index (χ4n) is 3.11. The zero-order chi connectivity index (χ0) is 16.5. The highest BCUT2D eigenvalue weighted by Gasteiger charge is 2.26. The molecule has 3 aromatic rings. The summed E-state index contributed by atoms with van der Waals surface area (Å²) in [5.41, 5.74) is 0.754. The van der Waals surface area contributed by atoms with Gasteiger partial charge >= 0.3 is 0 Å². The number of furan rings is 1. The van der Waals surface area contributed by atoms with Crippen molar-refractivity contribution >= 4 is 34.4 Å². The first-order valence-corrected chi connectivity index (χ1v) is 8.31. The lowest BCUT2D eigenvalue weighted by Gasteiger charge is -2.33. The van der Waals surface area contributed by atoms with Crippen molar-refractivity contribution in [3.8, 4) is 0 Å². The number of anilines is 1. The Hall–Kier alpha value is -2.47. The Morgan fingerprint density at radius 3 is 3.21 bits per heavy atom. The number of aromatic amines is 1. The van der Waals surface area contributed by atoms with Crippen LogP contribution < -0.4 is 5.32 Å². The van der Waals surface area contributed by atoms with Crippen molar-refractivity contribution in [1.82, 2.24) is 14.9 Å². The lowest BCUT2D eigenvalue weighted by atomic mass is 10.1. The van der Waals surface area contributed by atoms with Crippen molar-refractivity contribution in [3.63, 3.8) is 0 Å². The number of rotatable bonds is 3. The monoisotopic (exact) mass is 344 g/mol. The fraction of sp³-hybridized carbons (Fsp3) is 0.294. The summed E-state index contributed by atoms with van der Waals surface area (Å²) >= 11 is 6.29. The van der Waals surface area contributed by atoms with Crippen LogP contribution in [-0.4, -0.2) is 39.9 Å². The number of carbonyl (C=O) groups excluding carboxylic acids is 1. The lowest BCUT2D eigenvalue weighted by Crippen LogP contribution is -2.45. The average molecular weight is 345 g/mol. The number of hydrogen-bond acceptors (Lipinski definition) is 4. The summed E-state index contributed by atoms with van der Waals surface area (Å²) in [5.74, 6) is 1.02. The lowest BCUT2D eigenvalue weighted by molar-refractivity contribution is 0.0682. The van der Waals surface area contributed by atoms with Gasteiger partial charge in [-0.1, -0.05) is 11.6 Å². The second-order valence-electron chi connectivity index (χ2n) is 5.94. The molecule has 1 aliphatic heterocycles. The van der Waals surface area contributed by atoms with Crippen LogP contribution in [0, 0.1) is 0 Å². The van der Waals surface area contributed by atoms with E-state index in [9.17, 15) is 4.79 Å². The second-order valence-corrected chi connectivity index (χ2v) is 6.35. The molecule has 3 aromatic heterocycles. The van der Waals surface area contributed by atoms with Gasteiger partial charge in [0.15, 0.2) is 5.76 Å². The van der Waals surface area contributed by atoms with Gasteiger partial charge in [-0.15, -0.1) is 0 Å². The van der Waals surface area contributed by atoms with Gasteiger partial charge in [-0.3, -0.25) is 4.79 Å². The van der Waals surface area contributed by atoms with Crippen molar-refractivity contribution < 1.29 is 9.21 Å². The van der Waals surface area contributed by atoms with Crippen molar-refractivity contribution in [2.75, 3.05) is 18.4 Å². The molecule has 124 valence electrons. The number of aromatic nitrogens is 2. The fourth-order valence-corrected chi connectivity index (χ4v) is 3.37. The molecule has 6 nitrogen and oxygen atoms in total. The molecule has 0 aromatic carbocycles. The van der Waals surface area contributed by atoms with E-state index in [0.29, 0.717) is 23.1 Å². The third kappa shape index (κ3) is 2.85. The summed E-state index contributed by atoms with van der Waals surface area (Å²) in [5, 5.41) is 4.95. The van der Waals surface area contributed by atoms with Crippen LogP contribution >= 0.6 is 11.6 Å². The zero-order valence-electron chi connectivity index (χ0n) is 13.0. The molecule has 1 fully saturated rings. The van der Waals surface area contributed by atoms with E-state index in [0.717, 1.165) is 30.4 Å². The maximum absolute atomic E-state index is 12.4. The molecule has 0 aliphatic carbocycles. The van der Waals surface area contributed by atoms with E-state index < -0.39 is 0 Å². The maximum atomic E-state index is 12.4. The molecule has 1 amide bonds. The van der Waals surface area contributed by atoms with Crippen LogP contribution in [0.1, 0.15) is 23.4 Å². The van der Waals surface area contributed by atoms with Crippen molar-refractivity contribution in [1.29, 1.82) is 0 Å². The van der Waals surface area contributed by atoms with Crippen LogP contribution in [0.15, 0.2) is 41.1 Å². The van der Waals surface area contributed by atoms with E-state index in [1.165, 1.54) is 6.26 Å². The van der Waals surface area contributed by atoms with E-state index in [4.69, 9.17) is 16.0 Å². The Kier molecular flexibility index (Phi) is 3.90. The van der Waals surface area contributed by atoms with E-state index in [2.05, 4.69) is 15.3 Å². The van der Waals surface area contributed by atoms with Crippen molar-refractivity contribution in [2.24, 2.45) is 0 Å². The molecule has 4 heterocycles. The first-order valence-electron chi connectivity index (χ1n) is 7.93. The number of H-pyrrole nitrogens is 1. The SMILES string of the molecule is O=C(c1ccco1)N1CCCC(Nc2cc(Cl)c3cc[nH]c3n2)C1. The van der Waals surface area contributed by atoms with E-state index in [1.807, 2.05) is 23.2 Å². The first kappa shape index (κ1) is 15.1. The largest absolute Gasteiger partial charge is 0.459 e. The molecule has 0 bridgehead atoms. The van der Waals surface area contributed by atoms with Gasteiger partial charge in [-0.05, 0) is 37.1 Å². The van der Waals surface area contributed by atoms with Crippen molar-refractivity contribution in [2.45, 2.75) is 18.9 Å². The molecular formula is C17H17ClN4O2. The maximum Gasteiger partial charge on any atom is 0.289 e. The van der Waals surface area contributed by atoms with Crippen molar-refractivity contribution in [3.05, 3.63) is 47.5 Å². The smallest absolute Gasteiger partial charge is 0.289 e. The highest BCUT2D eigenvalue weighted by atomic mass is 35.5. The number of carbonyl (C=O) groups is 1. The Morgan fingerprint density at radius 1 is 1.46 bits per heavy atom. The quantitative estimate of drug-likeness (QED) is 0.762. The molecular weight excluding hydrogens is 328 g/mol. The summed E-state index contributed by atoms with van der Waals surface area (Å²) < 4.78 is 5.21. The van der Waals surface area contributed by atoms with Gasteiger partial charge in [0.25, 0.3) is 5.91 Å². The average Bonchev–Trinajstić information content (AvgIpc) is 3.26. The number of likely N-dealkylation sites (tertiary alicyclic amines) is 1. The Labute approximate surface area is 143 Å². The predicted octanol–water partition coefficient (Wildman–Crippen LogP) is 3.53. The normalized spacial score (nSPS) is 18.0. The zero-order valence-corrected chi connectivity index (χ0v) is 13.7. The summed E-state index contributed by atoms with van der Waals surface area (Å²) in [6.45, 7) is 1.35. The van der Waals surface area contributed by atoms with Gasteiger partial charge in [0.1, 0.15) is 11.5 Å². The number of nitrogens with zero attached hydrogens (tertiary/aromatic N) is 2. The molecule has 7 heteroatoms. The molecule has 1 atom stereocenters. The minimum Gasteiger partial charge on any atom is -0.459 e. The molecule has 0 saturated carbocycles. The number of piperidine rings is 1. The molecule has 1 aliphatic rings. The van der Waals surface area contributed by atoms with Gasteiger partial charge in [-0.2, -0.15) is 0 Å². The molecule has 1 saturated heterocycles. The summed E-state index contributed by atoms with van der Waals surface area (Å²) in [7, 11) is 0. The van der Waals surface area contributed by atoms with Crippen LogP contribution in [0.5, 0.6) is 0 Å². The number of fused-ring (bicyclic) bond motifs is 1. The summed E-state index contributed by atoms with van der Waals surface area (Å²) in [6, 6.07) is 7.28.